The van der Waals surface area contributed by atoms with E-state index >= 15 is 0 Å². The molecule has 2 aromatic carbocycles. The fourth-order valence-electron chi connectivity index (χ4n) is 4.64. The second-order valence-corrected chi connectivity index (χ2v) is 8.71. The van der Waals surface area contributed by atoms with Gasteiger partial charge < -0.3 is 19.9 Å². The number of ether oxygens (including phenoxy) is 1. The molecule has 3 heterocycles. The lowest BCUT2D eigenvalue weighted by atomic mass is 9.92. The van der Waals surface area contributed by atoms with E-state index in [1.807, 2.05) is 64.4 Å². The lowest BCUT2D eigenvalue weighted by Crippen LogP contribution is -2.55. The molecular formula is C26H27N5O3. The molecule has 0 unspecified atom stereocenters. The topological polar surface area (TPSA) is 87.7 Å². The summed E-state index contributed by atoms with van der Waals surface area (Å²) >= 11 is 0. The van der Waals surface area contributed by atoms with Crippen LogP contribution in [0.15, 0.2) is 73.1 Å². The Morgan fingerprint density at radius 1 is 0.971 bits per heavy atom. The van der Waals surface area contributed by atoms with Crippen molar-refractivity contribution in [1.82, 2.24) is 14.9 Å². The Balaban J connectivity index is 1.27. The first kappa shape index (κ1) is 22.0. The van der Waals surface area contributed by atoms with Gasteiger partial charge in [-0.1, -0.05) is 24.3 Å². The smallest absolute Gasteiger partial charge is 0.253 e. The van der Waals surface area contributed by atoms with Gasteiger partial charge >= 0.3 is 0 Å². The van der Waals surface area contributed by atoms with Crippen molar-refractivity contribution in [3.8, 4) is 0 Å². The fraction of sp³-hybridized carbons (Fsp3) is 0.308. The number of amides is 2. The third-order valence-corrected chi connectivity index (χ3v) is 6.43. The maximum Gasteiger partial charge on any atom is 0.253 e. The highest BCUT2D eigenvalue weighted by Gasteiger charge is 2.42. The summed E-state index contributed by atoms with van der Waals surface area (Å²) in [6.45, 7) is 1.81. The standard InChI is InChI=1S/C26H27N5O3/c32-23-18-34-26(19-31(23)22-9-2-1-3-10-22)11-5-15-30(16-12-26)24(33)20-7-4-8-21(17-20)29-25-27-13-6-14-28-25/h1-4,6-10,13-14,17H,5,11-12,15-16,18-19H2,(H,27,28,29)/t26-/m1/s1. The molecule has 1 atom stereocenters. The summed E-state index contributed by atoms with van der Waals surface area (Å²) in [5.74, 6) is 0.443. The summed E-state index contributed by atoms with van der Waals surface area (Å²) in [6, 6.07) is 18.9. The van der Waals surface area contributed by atoms with Crippen molar-refractivity contribution >= 4 is 29.1 Å². The Bertz CT molecular complexity index is 1160. The van der Waals surface area contributed by atoms with Gasteiger partial charge in [0.1, 0.15) is 6.61 Å². The molecule has 34 heavy (non-hydrogen) atoms. The van der Waals surface area contributed by atoms with E-state index in [4.69, 9.17) is 4.74 Å². The normalized spacial score (nSPS) is 20.8. The largest absolute Gasteiger partial charge is 0.363 e. The van der Waals surface area contributed by atoms with Crippen LogP contribution in [-0.2, 0) is 9.53 Å². The molecule has 1 aromatic heterocycles. The van der Waals surface area contributed by atoms with E-state index in [0.29, 0.717) is 37.6 Å². The number of para-hydroxylation sites is 1. The van der Waals surface area contributed by atoms with Crippen LogP contribution in [0.1, 0.15) is 29.6 Å². The van der Waals surface area contributed by atoms with Gasteiger partial charge in [0, 0.05) is 42.4 Å². The second-order valence-electron chi connectivity index (χ2n) is 8.71. The Morgan fingerprint density at radius 2 is 1.79 bits per heavy atom. The van der Waals surface area contributed by atoms with Crippen molar-refractivity contribution in [3.05, 3.63) is 78.6 Å². The first-order valence-electron chi connectivity index (χ1n) is 11.5. The highest BCUT2D eigenvalue weighted by atomic mass is 16.5. The summed E-state index contributed by atoms with van der Waals surface area (Å²) in [5.41, 5.74) is 1.82. The molecule has 8 heteroatoms. The van der Waals surface area contributed by atoms with Gasteiger partial charge in [-0.2, -0.15) is 0 Å². The van der Waals surface area contributed by atoms with Gasteiger partial charge in [-0.25, -0.2) is 9.97 Å². The minimum absolute atomic E-state index is 0.0125. The van der Waals surface area contributed by atoms with Crippen LogP contribution in [0.4, 0.5) is 17.3 Å². The molecule has 174 valence electrons. The minimum atomic E-state index is -0.438. The molecule has 2 amide bonds. The molecule has 8 nitrogen and oxygen atoms in total. The molecule has 1 spiro atoms. The number of nitrogens with one attached hydrogen (secondary N) is 1. The molecule has 0 saturated carbocycles. The minimum Gasteiger partial charge on any atom is -0.363 e. The predicted octanol–water partition coefficient (Wildman–Crippen LogP) is 3.65. The van der Waals surface area contributed by atoms with E-state index in [2.05, 4.69) is 15.3 Å². The van der Waals surface area contributed by atoms with Gasteiger partial charge in [-0.05, 0) is 55.7 Å². The predicted molar refractivity (Wildman–Crippen MR) is 129 cm³/mol. The Hall–Kier alpha value is -3.78. The summed E-state index contributed by atoms with van der Waals surface area (Å²) in [6.07, 6.45) is 5.64. The van der Waals surface area contributed by atoms with E-state index in [1.165, 1.54) is 0 Å². The lowest BCUT2D eigenvalue weighted by molar-refractivity contribution is -0.140. The Morgan fingerprint density at radius 3 is 2.62 bits per heavy atom. The average Bonchev–Trinajstić information content (AvgIpc) is 3.09. The van der Waals surface area contributed by atoms with Crippen molar-refractivity contribution in [3.63, 3.8) is 0 Å². The molecule has 2 fully saturated rings. The molecule has 1 N–H and O–H groups in total. The molecule has 0 aliphatic carbocycles. The maximum atomic E-state index is 13.3. The average molecular weight is 458 g/mol. The third-order valence-electron chi connectivity index (χ3n) is 6.43. The van der Waals surface area contributed by atoms with Gasteiger partial charge in [0.05, 0.1) is 12.1 Å². The molecule has 0 radical (unpaired) electrons. The Labute approximate surface area is 198 Å². The molecule has 3 aromatic rings. The number of hydrogen-bond acceptors (Lipinski definition) is 6. The van der Waals surface area contributed by atoms with E-state index in [9.17, 15) is 9.59 Å². The summed E-state index contributed by atoms with van der Waals surface area (Å²) in [5, 5.41) is 3.14. The zero-order valence-corrected chi connectivity index (χ0v) is 18.9. The van der Waals surface area contributed by atoms with Crippen LogP contribution >= 0.6 is 0 Å². The summed E-state index contributed by atoms with van der Waals surface area (Å²) < 4.78 is 6.12. The van der Waals surface area contributed by atoms with E-state index < -0.39 is 5.60 Å². The van der Waals surface area contributed by atoms with Gasteiger partial charge in [-0.3, -0.25) is 9.59 Å². The fourth-order valence-corrected chi connectivity index (χ4v) is 4.64. The molecular weight excluding hydrogens is 430 g/mol. The van der Waals surface area contributed by atoms with Crippen LogP contribution in [-0.4, -0.2) is 58.5 Å². The van der Waals surface area contributed by atoms with Crippen molar-refractivity contribution in [2.24, 2.45) is 0 Å². The van der Waals surface area contributed by atoms with Crippen molar-refractivity contribution in [2.45, 2.75) is 24.9 Å². The van der Waals surface area contributed by atoms with Crippen LogP contribution < -0.4 is 10.2 Å². The van der Waals surface area contributed by atoms with Gasteiger partial charge in [0.15, 0.2) is 0 Å². The van der Waals surface area contributed by atoms with Crippen molar-refractivity contribution < 1.29 is 14.3 Å². The number of carbonyl (C=O) groups excluding carboxylic acids is 2. The maximum absolute atomic E-state index is 13.3. The van der Waals surface area contributed by atoms with Crippen LogP contribution in [0.2, 0.25) is 0 Å². The number of nitrogens with zero attached hydrogens (tertiary/aromatic N) is 4. The number of rotatable bonds is 4. The van der Waals surface area contributed by atoms with E-state index in [0.717, 1.165) is 24.2 Å². The second kappa shape index (κ2) is 9.61. The van der Waals surface area contributed by atoms with E-state index in [-0.39, 0.29) is 18.4 Å². The van der Waals surface area contributed by atoms with Crippen LogP contribution in [0, 0.1) is 0 Å². The van der Waals surface area contributed by atoms with E-state index in [1.54, 1.807) is 18.5 Å². The first-order valence-corrected chi connectivity index (χ1v) is 11.5. The van der Waals surface area contributed by atoms with Gasteiger partial charge in [0.2, 0.25) is 5.95 Å². The molecule has 2 aliphatic rings. The first-order chi connectivity index (χ1) is 16.6. The number of hydrogen-bond donors (Lipinski definition) is 1. The summed E-state index contributed by atoms with van der Waals surface area (Å²) in [4.78, 5) is 37.9. The molecule has 0 bridgehead atoms. The highest BCUT2D eigenvalue weighted by molar-refractivity contribution is 5.96. The number of morpholine rings is 1. The van der Waals surface area contributed by atoms with Crippen molar-refractivity contribution in [2.75, 3.05) is 36.5 Å². The third kappa shape index (κ3) is 4.77. The zero-order chi connectivity index (χ0) is 23.4. The zero-order valence-electron chi connectivity index (χ0n) is 18.9. The highest BCUT2D eigenvalue weighted by Crippen LogP contribution is 2.33. The lowest BCUT2D eigenvalue weighted by Gasteiger charge is -2.42. The number of anilines is 3. The molecule has 2 aliphatic heterocycles. The monoisotopic (exact) mass is 457 g/mol. The van der Waals surface area contributed by atoms with Crippen LogP contribution in [0.25, 0.3) is 0 Å². The summed E-state index contributed by atoms with van der Waals surface area (Å²) in [7, 11) is 0. The number of aromatic nitrogens is 2. The molecule has 5 rings (SSSR count). The SMILES string of the molecule is O=C(c1cccc(Nc2ncccn2)c1)N1CCC[C@@]2(CC1)CN(c1ccccc1)C(=O)CO2. The number of carbonyl (C=O) groups is 2. The quantitative estimate of drug-likeness (QED) is 0.644. The number of benzene rings is 2. The van der Waals surface area contributed by atoms with Crippen LogP contribution in [0.3, 0.4) is 0 Å². The van der Waals surface area contributed by atoms with Crippen LogP contribution in [0.5, 0.6) is 0 Å². The van der Waals surface area contributed by atoms with Crippen molar-refractivity contribution in [1.29, 1.82) is 0 Å². The molecule has 2 saturated heterocycles. The van der Waals surface area contributed by atoms with Gasteiger partial charge in [-0.15, -0.1) is 0 Å². The van der Waals surface area contributed by atoms with Gasteiger partial charge in [0.25, 0.3) is 11.8 Å². The number of likely N-dealkylation sites (tertiary alicyclic amines) is 1. The Kier molecular flexibility index (Phi) is 6.22.